The molecule has 0 aliphatic carbocycles. The highest BCUT2D eigenvalue weighted by Gasteiger charge is 2.19. The van der Waals surface area contributed by atoms with E-state index in [9.17, 15) is 4.79 Å². The topological polar surface area (TPSA) is 88.0 Å². The lowest BCUT2D eigenvalue weighted by Gasteiger charge is -2.20. The van der Waals surface area contributed by atoms with E-state index in [0.29, 0.717) is 5.82 Å². The van der Waals surface area contributed by atoms with Crippen molar-refractivity contribution in [2.75, 3.05) is 23.3 Å². The van der Waals surface area contributed by atoms with Gasteiger partial charge in [0.2, 0.25) is 0 Å². The molecule has 23 heavy (non-hydrogen) atoms. The van der Waals surface area contributed by atoms with Crippen LogP contribution >= 0.6 is 0 Å². The maximum absolute atomic E-state index is 12.3. The lowest BCUT2D eigenvalue weighted by Crippen LogP contribution is -2.33. The van der Waals surface area contributed by atoms with Gasteiger partial charge in [0, 0.05) is 26.3 Å². The van der Waals surface area contributed by atoms with Gasteiger partial charge >= 0.3 is 6.03 Å². The van der Waals surface area contributed by atoms with E-state index in [1.54, 1.807) is 17.1 Å². The van der Waals surface area contributed by atoms with Gasteiger partial charge in [0.05, 0.1) is 11.7 Å². The second kappa shape index (κ2) is 6.64. The van der Waals surface area contributed by atoms with Crippen molar-refractivity contribution in [3.05, 3.63) is 30.5 Å². The van der Waals surface area contributed by atoms with Gasteiger partial charge < -0.3 is 20.1 Å². The summed E-state index contributed by atoms with van der Waals surface area (Å²) in [4.78, 5) is 18.9. The Kier molecular flexibility index (Phi) is 4.40. The van der Waals surface area contributed by atoms with Crippen LogP contribution < -0.4 is 15.5 Å². The van der Waals surface area contributed by atoms with E-state index >= 15 is 0 Å². The molecule has 1 aliphatic heterocycles. The molecule has 0 aromatic carbocycles. The summed E-state index contributed by atoms with van der Waals surface area (Å²) >= 11 is 0. The van der Waals surface area contributed by atoms with Crippen molar-refractivity contribution in [2.45, 2.75) is 25.8 Å². The second-order valence-electron chi connectivity index (χ2n) is 5.69. The van der Waals surface area contributed by atoms with Crippen LogP contribution in [0.25, 0.3) is 0 Å². The average molecular weight is 315 g/mol. The minimum absolute atomic E-state index is 0.241. The highest BCUT2D eigenvalue weighted by Crippen LogP contribution is 2.26. The summed E-state index contributed by atoms with van der Waals surface area (Å²) in [6, 6.07) is 3.16. The van der Waals surface area contributed by atoms with E-state index in [1.807, 2.05) is 26.1 Å². The summed E-state index contributed by atoms with van der Waals surface area (Å²) in [5, 5.41) is 13.6. The van der Waals surface area contributed by atoms with Gasteiger partial charge in [0.1, 0.15) is 6.33 Å². The predicted molar refractivity (Wildman–Crippen MR) is 87.3 cm³/mol. The number of aryl methyl sites for hydroxylation is 1. The molecular formula is C15H21N7O. The van der Waals surface area contributed by atoms with Crippen molar-refractivity contribution < 1.29 is 4.79 Å². The Hall–Kier alpha value is -2.64. The SMILES string of the molecule is CC(NC(=O)Nc1cccnc1N1CCCC1)c1nncn1C. The molecule has 8 nitrogen and oxygen atoms in total. The molecule has 0 saturated carbocycles. The van der Waals surface area contributed by atoms with Crippen molar-refractivity contribution in [3.63, 3.8) is 0 Å². The van der Waals surface area contributed by atoms with E-state index in [2.05, 4.69) is 30.7 Å². The normalized spacial score (nSPS) is 15.5. The third kappa shape index (κ3) is 3.41. The third-order valence-electron chi connectivity index (χ3n) is 3.92. The highest BCUT2D eigenvalue weighted by molar-refractivity contribution is 5.92. The molecule has 8 heteroatoms. The van der Waals surface area contributed by atoms with Crippen molar-refractivity contribution in [1.82, 2.24) is 25.1 Å². The Bertz CT molecular complexity index is 678. The average Bonchev–Trinajstić information content (AvgIpc) is 3.19. The molecule has 0 bridgehead atoms. The lowest BCUT2D eigenvalue weighted by atomic mass is 10.3. The summed E-state index contributed by atoms with van der Waals surface area (Å²) in [5.74, 6) is 1.53. The summed E-state index contributed by atoms with van der Waals surface area (Å²) in [6.07, 6.45) is 5.67. The molecule has 122 valence electrons. The molecule has 0 spiro atoms. The monoisotopic (exact) mass is 315 g/mol. The van der Waals surface area contributed by atoms with Crippen LogP contribution in [0, 0.1) is 0 Å². The number of hydrogen-bond acceptors (Lipinski definition) is 5. The van der Waals surface area contributed by atoms with E-state index in [-0.39, 0.29) is 12.1 Å². The fraction of sp³-hybridized carbons (Fsp3) is 0.467. The van der Waals surface area contributed by atoms with Gasteiger partial charge in [-0.1, -0.05) is 0 Å². The van der Waals surface area contributed by atoms with Crippen molar-refractivity contribution >= 4 is 17.5 Å². The molecule has 0 radical (unpaired) electrons. The van der Waals surface area contributed by atoms with E-state index < -0.39 is 0 Å². The van der Waals surface area contributed by atoms with Crippen LogP contribution in [-0.2, 0) is 7.05 Å². The predicted octanol–water partition coefficient (Wildman–Crippen LogP) is 1.69. The number of nitrogens with one attached hydrogen (secondary N) is 2. The zero-order valence-electron chi connectivity index (χ0n) is 13.4. The zero-order chi connectivity index (χ0) is 16.2. The number of amides is 2. The van der Waals surface area contributed by atoms with Gasteiger partial charge in [-0.05, 0) is 31.9 Å². The summed E-state index contributed by atoms with van der Waals surface area (Å²) < 4.78 is 1.78. The standard InChI is InChI=1S/C15H21N7O/c1-11(13-20-17-10-21(13)2)18-15(23)19-12-6-5-7-16-14(12)22-8-3-4-9-22/h5-7,10-11H,3-4,8-9H2,1-2H3,(H2,18,19,23). The molecule has 1 aliphatic rings. The third-order valence-corrected chi connectivity index (χ3v) is 3.92. The number of carbonyl (C=O) groups is 1. The molecule has 1 atom stereocenters. The number of carbonyl (C=O) groups excluding carboxylic acids is 1. The summed E-state index contributed by atoms with van der Waals surface area (Å²) in [6.45, 7) is 3.82. The molecule has 2 N–H and O–H groups in total. The van der Waals surface area contributed by atoms with Gasteiger partial charge in [-0.3, -0.25) is 0 Å². The Morgan fingerprint density at radius 3 is 2.83 bits per heavy atom. The lowest BCUT2D eigenvalue weighted by molar-refractivity contribution is 0.248. The summed E-state index contributed by atoms with van der Waals surface area (Å²) in [5.41, 5.74) is 0.720. The molecule has 3 heterocycles. The summed E-state index contributed by atoms with van der Waals surface area (Å²) in [7, 11) is 1.85. The molecule has 2 aromatic rings. The van der Waals surface area contributed by atoms with Gasteiger partial charge in [-0.2, -0.15) is 0 Å². The van der Waals surface area contributed by atoms with Crippen LogP contribution in [0.3, 0.4) is 0 Å². The number of urea groups is 1. The molecular weight excluding hydrogens is 294 g/mol. The van der Waals surface area contributed by atoms with Gasteiger partial charge in [0.15, 0.2) is 11.6 Å². The van der Waals surface area contributed by atoms with E-state index in [1.165, 1.54) is 0 Å². The van der Waals surface area contributed by atoms with Gasteiger partial charge in [-0.25, -0.2) is 9.78 Å². The van der Waals surface area contributed by atoms with Crippen LogP contribution in [0.5, 0.6) is 0 Å². The Balaban J connectivity index is 1.67. The number of hydrogen-bond donors (Lipinski definition) is 2. The number of rotatable bonds is 4. The zero-order valence-corrected chi connectivity index (χ0v) is 13.4. The maximum atomic E-state index is 12.3. The van der Waals surface area contributed by atoms with E-state index in [0.717, 1.165) is 37.4 Å². The number of nitrogens with zero attached hydrogens (tertiary/aromatic N) is 5. The molecule has 1 unspecified atom stereocenters. The first-order valence-electron chi connectivity index (χ1n) is 7.76. The molecule has 2 aromatic heterocycles. The minimum atomic E-state index is -0.283. The van der Waals surface area contributed by atoms with Crippen LogP contribution in [0.1, 0.15) is 31.6 Å². The quantitative estimate of drug-likeness (QED) is 0.896. The van der Waals surface area contributed by atoms with Gasteiger partial charge in [-0.15, -0.1) is 10.2 Å². The van der Waals surface area contributed by atoms with Crippen LogP contribution in [-0.4, -0.2) is 38.9 Å². The molecule has 2 amide bonds. The Morgan fingerprint density at radius 2 is 2.13 bits per heavy atom. The van der Waals surface area contributed by atoms with Crippen LogP contribution in [0.2, 0.25) is 0 Å². The maximum Gasteiger partial charge on any atom is 0.319 e. The van der Waals surface area contributed by atoms with E-state index in [4.69, 9.17) is 0 Å². The first kappa shape index (κ1) is 15.3. The Labute approximate surface area is 134 Å². The Morgan fingerprint density at radius 1 is 1.35 bits per heavy atom. The number of pyridine rings is 1. The second-order valence-corrected chi connectivity index (χ2v) is 5.69. The first-order chi connectivity index (χ1) is 11.1. The fourth-order valence-electron chi connectivity index (χ4n) is 2.78. The highest BCUT2D eigenvalue weighted by atomic mass is 16.2. The van der Waals surface area contributed by atoms with Crippen LogP contribution in [0.4, 0.5) is 16.3 Å². The number of aromatic nitrogens is 4. The largest absolute Gasteiger partial charge is 0.355 e. The minimum Gasteiger partial charge on any atom is -0.355 e. The smallest absolute Gasteiger partial charge is 0.319 e. The van der Waals surface area contributed by atoms with Crippen molar-refractivity contribution in [2.24, 2.45) is 7.05 Å². The van der Waals surface area contributed by atoms with Crippen molar-refractivity contribution in [1.29, 1.82) is 0 Å². The fourth-order valence-corrected chi connectivity index (χ4v) is 2.78. The number of anilines is 2. The molecule has 3 rings (SSSR count). The molecule has 1 fully saturated rings. The van der Waals surface area contributed by atoms with Crippen molar-refractivity contribution in [3.8, 4) is 0 Å². The van der Waals surface area contributed by atoms with Crippen LogP contribution in [0.15, 0.2) is 24.7 Å². The molecule has 1 saturated heterocycles. The van der Waals surface area contributed by atoms with Gasteiger partial charge in [0.25, 0.3) is 0 Å². The first-order valence-corrected chi connectivity index (χ1v) is 7.76.